The second kappa shape index (κ2) is 9.64. The highest BCUT2D eigenvalue weighted by atomic mass is 16.5. The third-order valence-corrected chi connectivity index (χ3v) is 2.77. The summed E-state index contributed by atoms with van der Waals surface area (Å²) in [7, 11) is 1.48. The SMILES string of the molecule is CCCCC(C(=O)OC)N(CCC)CCC. The molecular weight excluding hydrogens is 202 g/mol. The van der Waals surface area contributed by atoms with Gasteiger partial charge in [-0.3, -0.25) is 9.69 Å². The zero-order valence-corrected chi connectivity index (χ0v) is 11.3. The molecule has 16 heavy (non-hydrogen) atoms. The maximum absolute atomic E-state index is 11.7. The fraction of sp³-hybridized carbons (Fsp3) is 0.923. The van der Waals surface area contributed by atoms with E-state index in [-0.39, 0.29) is 12.0 Å². The van der Waals surface area contributed by atoms with Gasteiger partial charge in [0.15, 0.2) is 0 Å². The van der Waals surface area contributed by atoms with Gasteiger partial charge in [0, 0.05) is 0 Å². The summed E-state index contributed by atoms with van der Waals surface area (Å²) in [6, 6.07) is -0.0372. The minimum Gasteiger partial charge on any atom is -0.468 e. The minimum atomic E-state index is -0.0737. The molecule has 0 N–H and O–H groups in total. The first kappa shape index (κ1) is 15.4. The topological polar surface area (TPSA) is 29.5 Å². The van der Waals surface area contributed by atoms with Crippen LogP contribution in [0, 0.1) is 0 Å². The van der Waals surface area contributed by atoms with Gasteiger partial charge in [0.05, 0.1) is 7.11 Å². The molecule has 0 spiro atoms. The van der Waals surface area contributed by atoms with Crippen LogP contribution in [0.5, 0.6) is 0 Å². The first-order valence-electron chi connectivity index (χ1n) is 6.53. The van der Waals surface area contributed by atoms with Gasteiger partial charge in [-0.2, -0.15) is 0 Å². The Balaban J connectivity index is 4.45. The number of carbonyl (C=O) groups excluding carboxylic acids is 1. The Kier molecular flexibility index (Phi) is 9.30. The van der Waals surface area contributed by atoms with Crippen molar-refractivity contribution in [2.75, 3.05) is 20.2 Å². The van der Waals surface area contributed by atoms with E-state index in [2.05, 4.69) is 25.7 Å². The number of methoxy groups -OCH3 is 1. The van der Waals surface area contributed by atoms with Gasteiger partial charge < -0.3 is 4.74 Å². The van der Waals surface area contributed by atoms with Gasteiger partial charge in [-0.25, -0.2) is 0 Å². The van der Waals surface area contributed by atoms with E-state index in [1.807, 2.05) is 0 Å². The van der Waals surface area contributed by atoms with Crippen LogP contribution in [-0.2, 0) is 9.53 Å². The zero-order chi connectivity index (χ0) is 12.4. The Hall–Kier alpha value is -0.570. The maximum atomic E-state index is 11.7. The van der Waals surface area contributed by atoms with Gasteiger partial charge >= 0.3 is 5.97 Å². The van der Waals surface area contributed by atoms with Crippen LogP contribution >= 0.6 is 0 Å². The molecule has 1 unspecified atom stereocenters. The first-order valence-corrected chi connectivity index (χ1v) is 6.53. The lowest BCUT2D eigenvalue weighted by Crippen LogP contribution is -2.42. The standard InChI is InChI=1S/C13H27NO2/c1-5-8-9-12(13(15)16-4)14(10-6-2)11-7-3/h12H,5-11H2,1-4H3. The van der Waals surface area contributed by atoms with Crippen LogP contribution in [0.3, 0.4) is 0 Å². The summed E-state index contributed by atoms with van der Waals surface area (Å²) in [5.74, 6) is -0.0737. The summed E-state index contributed by atoms with van der Waals surface area (Å²) in [6.07, 6.45) is 5.30. The van der Waals surface area contributed by atoms with Gasteiger partial charge in [-0.15, -0.1) is 0 Å². The lowest BCUT2D eigenvalue weighted by Gasteiger charge is -2.29. The third kappa shape index (κ3) is 5.50. The van der Waals surface area contributed by atoms with Crippen molar-refractivity contribution in [2.24, 2.45) is 0 Å². The van der Waals surface area contributed by atoms with Crippen LogP contribution in [0.25, 0.3) is 0 Å². The normalized spacial score (nSPS) is 12.8. The van der Waals surface area contributed by atoms with Crippen LogP contribution in [-0.4, -0.2) is 37.1 Å². The third-order valence-electron chi connectivity index (χ3n) is 2.77. The van der Waals surface area contributed by atoms with E-state index in [4.69, 9.17) is 4.74 Å². The molecule has 0 aliphatic heterocycles. The van der Waals surface area contributed by atoms with Gasteiger partial charge in [-0.05, 0) is 32.4 Å². The fourth-order valence-corrected chi connectivity index (χ4v) is 1.98. The molecule has 0 radical (unpaired) electrons. The van der Waals surface area contributed by atoms with Crippen LogP contribution in [0.4, 0.5) is 0 Å². The first-order chi connectivity index (χ1) is 7.71. The summed E-state index contributed by atoms with van der Waals surface area (Å²) in [4.78, 5) is 14.0. The highest BCUT2D eigenvalue weighted by Gasteiger charge is 2.24. The van der Waals surface area contributed by atoms with E-state index >= 15 is 0 Å². The Bertz CT molecular complexity index is 177. The number of carbonyl (C=O) groups is 1. The highest BCUT2D eigenvalue weighted by molar-refractivity contribution is 5.75. The van der Waals surface area contributed by atoms with Crippen molar-refractivity contribution in [1.29, 1.82) is 0 Å². The van der Waals surface area contributed by atoms with Crippen molar-refractivity contribution in [3.8, 4) is 0 Å². The second-order valence-electron chi connectivity index (χ2n) is 4.22. The van der Waals surface area contributed by atoms with Crippen molar-refractivity contribution in [2.45, 2.75) is 58.9 Å². The molecule has 3 heteroatoms. The summed E-state index contributed by atoms with van der Waals surface area (Å²) in [5, 5.41) is 0. The number of hydrogen-bond donors (Lipinski definition) is 0. The van der Waals surface area contributed by atoms with E-state index in [1.165, 1.54) is 7.11 Å². The van der Waals surface area contributed by atoms with Crippen LogP contribution in [0.1, 0.15) is 52.9 Å². The van der Waals surface area contributed by atoms with E-state index in [1.54, 1.807) is 0 Å². The van der Waals surface area contributed by atoms with Gasteiger partial charge in [0.25, 0.3) is 0 Å². The Morgan fingerprint density at radius 1 is 1.12 bits per heavy atom. The molecule has 0 aromatic heterocycles. The predicted molar refractivity (Wildman–Crippen MR) is 67.5 cm³/mol. The van der Waals surface area contributed by atoms with Gasteiger partial charge in [0.1, 0.15) is 6.04 Å². The molecular formula is C13H27NO2. The highest BCUT2D eigenvalue weighted by Crippen LogP contribution is 2.12. The quantitative estimate of drug-likeness (QED) is 0.569. The van der Waals surface area contributed by atoms with Crippen molar-refractivity contribution >= 4 is 5.97 Å². The van der Waals surface area contributed by atoms with E-state index < -0.39 is 0 Å². The van der Waals surface area contributed by atoms with Crippen molar-refractivity contribution in [1.82, 2.24) is 4.90 Å². The molecule has 0 fully saturated rings. The lowest BCUT2D eigenvalue weighted by molar-refractivity contribution is -0.147. The molecule has 0 rings (SSSR count). The molecule has 0 bridgehead atoms. The minimum absolute atomic E-state index is 0.0372. The molecule has 0 aromatic rings. The van der Waals surface area contributed by atoms with Crippen molar-refractivity contribution in [3.05, 3.63) is 0 Å². The van der Waals surface area contributed by atoms with E-state index in [9.17, 15) is 4.79 Å². The molecule has 0 saturated carbocycles. The monoisotopic (exact) mass is 229 g/mol. The molecule has 0 aliphatic carbocycles. The van der Waals surface area contributed by atoms with Crippen LogP contribution in [0.15, 0.2) is 0 Å². The zero-order valence-electron chi connectivity index (χ0n) is 11.3. The van der Waals surface area contributed by atoms with Gasteiger partial charge in [0.2, 0.25) is 0 Å². The Morgan fingerprint density at radius 2 is 1.69 bits per heavy atom. The van der Waals surface area contributed by atoms with Crippen LogP contribution < -0.4 is 0 Å². The van der Waals surface area contributed by atoms with Crippen molar-refractivity contribution < 1.29 is 9.53 Å². The summed E-state index contributed by atoms with van der Waals surface area (Å²) in [5.41, 5.74) is 0. The molecule has 96 valence electrons. The smallest absolute Gasteiger partial charge is 0.323 e. The number of hydrogen-bond acceptors (Lipinski definition) is 3. The number of esters is 1. The predicted octanol–water partition coefficient (Wildman–Crippen LogP) is 2.84. The Morgan fingerprint density at radius 3 is 2.06 bits per heavy atom. The summed E-state index contributed by atoms with van der Waals surface area (Å²) >= 11 is 0. The summed E-state index contributed by atoms with van der Waals surface area (Å²) < 4.78 is 4.90. The average molecular weight is 229 g/mol. The molecule has 3 nitrogen and oxygen atoms in total. The summed E-state index contributed by atoms with van der Waals surface area (Å²) in [6.45, 7) is 8.42. The van der Waals surface area contributed by atoms with Crippen molar-refractivity contribution in [3.63, 3.8) is 0 Å². The fourth-order valence-electron chi connectivity index (χ4n) is 1.98. The van der Waals surface area contributed by atoms with Crippen LogP contribution in [0.2, 0.25) is 0 Å². The second-order valence-corrected chi connectivity index (χ2v) is 4.22. The number of rotatable bonds is 9. The molecule has 0 aliphatic rings. The molecule has 0 aromatic carbocycles. The largest absolute Gasteiger partial charge is 0.468 e. The maximum Gasteiger partial charge on any atom is 0.323 e. The number of unbranched alkanes of at least 4 members (excludes halogenated alkanes) is 1. The average Bonchev–Trinajstić information content (AvgIpc) is 2.29. The molecule has 0 saturated heterocycles. The molecule has 0 heterocycles. The lowest BCUT2D eigenvalue weighted by atomic mass is 10.1. The van der Waals surface area contributed by atoms with E-state index in [0.29, 0.717) is 0 Å². The van der Waals surface area contributed by atoms with Gasteiger partial charge in [-0.1, -0.05) is 33.6 Å². The number of nitrogens with zero attached hydrogens (tertiary/aromatic N) is 1. The van der Waals surface area contributed by atoms with E-state index in [0.717, 1.165) is 45.2 Å². The number of ether oxygens (including phenoxy) is 1. The molecule has 0 amide bonds. The molecule has 1 atom stereocenters. The Labute approximate surface area is 100 Å².